The first-order chi connectivity index (χ1) is 20.7. The van der Waals surface area contributed by atoms with Crippen LogP contribution in [0.4, 0.5) is 10.5 Å². The third-order valence-corrected chi connectivity index (χ3v) is 7.48. The molecule has 0 saturated carbocycles. The molecule has 2 unspecified atom stereocenters. The number of nitrogens with zero attached hydrogens (tertiary/aromatic N) is 1. The van der Waals surface area contributed by atoms with E-state index in [2.05, 4.69) is 10.6 Å². The van der Waals surface area contributed by atoms with Crippen molar-refractivity contribution >= 4 is 35.2 Å². The highest BCUT2D eigenvalue weighted by Crippen LogP contribution is 2.31. The van der Waals surface area contributed by atoms with Gasteiger partial charge < -0.3 is 25.4 Å². The van der Waals surface area contributed by atoms with Crippen molar-refractivity contribution < 1.29 is 24.2 Å². The molecule has 0 spiro atoms. The van der Waals surface area contributed by atoms with Gasteiger partial charge in [-0.05, 0) is 88.4 Å². The standard InChI is InChI=1S/C35H44ClN3O5/c1-8-9-19-39(33(42)29(37-34(43)44-35(5,6)7)21-25-15-17-26(40)18-16-25)31(27-20-22(2)13-14-23(27)3)32(41)38-30-24(4)11-10-12-28(30)36/h10-18,20,29,31,40H,8-9,19,21H2,1-7H3,(H,37,43)(H,38,41). The molecule has 0 radical (unpaired) electrons. The Labute approximate surface area is 265 Å². The molecule has 236 valence electrons. The number of anilines is 1. The third kappa shape index (κ3) is 9.48. The van der Waals surface area contributed by atoms with E-state index in [0.717, 1.165) is 23.1 Å². The van der Waals surface area contributed by atoms with E-state index in [-0.39, 0.29) is 18.7 Å². The molecule has 0 aliphatic carbocycles. The fraction of sp³-hybridized carbons (Fsp3) is 0.400. The summed E-state index contributed by atoms with van der Waals surface area (Å²) in [6.45, 7) is 13.2. The normalized spacial score (nSPS) is 12.6. The number of carbonyl (C=O) groups is 3. The SMILES string of the molecule is CCCCN(C(=O)C(Cc1ccc(O)cc1)NC(=O)OC(C)(C)C)C(C(=O)Nc1c(C)cccc1Cl)c1cc(C)ccc1C. The van der Waals surface area contributed by atoms with Crippen LogP contribution in [0.15, 0.2) is 60.7 Å². The minimum absolute atomic E-state index is 0.0859. The number of aryl methyl sites for hydroxylation is 3. The number of hydrogen-bond acceptors (Lipinski definition) is 5. The number of unbranched alkanes of at least 4 members (excludes halogenated alkanes) is 1. The largest absolute Gasteiger partial charge is 0.508 e. The van der Waals surface area contributed by atoms with Gasteiger partial charge in [0.2, 0.25) is 5.91 Å². The molecule has 9 heteroatoms. The molecule has 0 saturated heterocycles. The van der Waals surface area contributed by atoms with Crippen LogP contribution in [0.3, 0.4) is 0 Å². The number of hydrogen-bond donors (Lipinski definition) is 3. The van der Waals surface area contributed by atoms with Gasteiger partial charge in [-0.1, -0.05) is 73.0 Å². The smallest absolute Gasteiger partial charge is 0.408 e. The fourth-order valence-electron chi connectivity index (χ4n) is 4.90. The maximum atomic E-state index is 14.6. The number of phenolic OH excluding ortho intramolecular Hbond substituents is 1. The number of carbonyl (C=O) groups excluding carboxylic acids is 3. The second-order valence-electron chi connectivity index (χ2n) is 12.1. The predicted molar refractivity (Wildman–Crippen MR) is 175 cm³/mol. The molecule has 0 fully saturated rings. The second kappa shape index (κ2) is 15.1. The van der Waals surface area contributed by atoms with Gasteiger partial charge in [0.05, 0.1) is 10.7 Å². The molecule has 44 heavy (non-hydrogen) atoms. The van der Waals surface area contributed by atoms with E-state index >= 15 is 0 Å². The van der Waals surface area contributed by atoms with Crippen LogP contribution in [0, 0.1) is 20.8 Å². The van der Waals surface area contributed by atoms with Crippen molar-refractivity contribution in [2.45, 2.75) is 85.4 Å². The summed E-state index contributed by atoms with van der Waals surface area (Å²) in [5.74, 6) is -0.767. The summed E-state index contributed by atoms with van der Waals surface area (Å²) in [5, 5.41) is 16.0. The lowest BCUT2D eigenvalue weighted by Gasteiger charge is -2.35. The van der Waals surface area contributed by atoms with E-state index < -0.39 is 35.6 Å². The van der Waals surface area contributed by atoms with Gasteiger partial charge in [-0.2, -0.15) is 0 Å². The zero-order valence-corrected chi connectivity index (χ0v) is 27.4. The molecule has 0 heterocycles. The average molecular weight is 622 g/mol. The summed E-state index contributed by atoms with van der Waals surface area (Å²) in [4.78, 5) is 43.5. The molecule has 0 aliphatic rings. The van der Waals surface area contributed by atoms with Gasteiger partial charge in [0.15, 0.2) is 0 Å². The summed E-state index contributed by atoms with van der Waals surface area (Å²) in [6.07, 6.45) is 0.774. The number of phenols is 1. The van der Waals surface area contributed by atoms with Crippen LogP contribution in [0.1, 0.15) is 74.4 Å². The van der Waals surface area contributed by atoms with E-state index in [4.69, 9.17) is 16.3 Å². The number of rotatable bonds is 11. The topological polar surface area (TPSA) is 108 Å². The van der Waals surface area contributed by atoms with Crippen molar-refractivity contribution in [3.63, 3.8) is 0 Å². The number of halogens is 1. The van der Waals surface area contributed by atoms with Crippen LogP contribution in [-0.4, -0.2) is 46.1 Å². The first kappa shape index (κ1) is 34.5. The Morgan fingerprint density at radius 1 is 0.977 bits per heavy atom. The van der Waals surface area contributed by atoms with E-state index in [1.807, 2.05) is 58.0 Å². The van der Waals surface area contributed by atoms with Crippen LogP contribution < -0.4 is 10.6 Å². The Hall–Kier alpha value is -4.04. The van der Waals surface area contributed by atoms with Crippen molar-refractivity contribution in [2.75, 3.05) is 11.9 Å². The van der Waals surface area contributed by atoms with Gasteiger partial charge in [0, 0.05) is 13.0 Å². The number of nitrogens with one attached hydrogen (secondary N) is 2. The third-order valence-electron chi connectivity index (χ3n) is 7.16. The molecule has 3 aromatic carbocycles. The van der Waals surface area contributed by atoms with Crippen LogP contribution >= 0.6 is 11.6 Å². The Bertz CT molecular complexity index is 1450. The van der Waals surface area contributed by atoms with Crippen molar-refractivity contribution in [1.82, 2.24) is 10.2 Å². The van der Waals surface area contributed by atoms with Gasteiger partial charge in [0.1, 0.15) is 23.4 Å². The Balaban J connectivity index is 2.13. The van der Waals surface area contributed by atoms with E-state index in [0.29, 0.717) is 28.3 Å². The number of aromatic hydroxyl groups is 1. The van der Waals surface area contributed by atoms with E-state index in [1.54, 1.807) is 43.9 Å². The van der Waals surface area contributed by atoms with E-state index in [1.165, 1.54) is 12.1 Å². The first-order valence-electron chi connectivity index (χ1n) is 14.9. The number of amides is 3. The van der Waals surface area contributed by atoms with Gasteiger partial charge in [0.25, 0.3) is 5.91 Å². The van der Waals surface area contributed by atoms with Crippen molar-refractivity contribution in [3.05, 3.63) is 93.5 Å². The predicted octanol–water partition coefficient (Wildman–Crippen LogP) is 7.42. The van der Waals surface area contributed by atoms with E-state index in [9.17, 15) is 19.5 Å². The molecule has 3 rings (SSSR count). The second-order valence-corrected chi connectivity index (χ2v) is 12.5. The number of alkyl carbamates (subject to hydrolysis) is 1. The molecular weight excluding hydrogens is 578 g/mol. The molecule has 0 aromatic heterocycles. The minimum atomic E-state index is -1.06. The minimum Gasteiger partial charge on any atom is -0.508 e. The molecule has 2 atom stereocenters. The maximum Gasteiger partial charge on any atom is 0.408 e. The molecular formula is C35H44ClN3O5. The molecule has 3 amide bonds. The Kier molecular flexibility index (Phi) is 11.8. The number of benzene rings is 3. The van der Waals surface area contributed by atoms with Gasteiger partial charge >= 0.3 is 6.09 Å². The van der Waals surface area contributed by atoms with Crippen molar-refractivity contribution in [3.8, 4) is 5.75 Å². The van der Waals surface area contributed by atoms with Gasteiger partial charge in [-0.25, -0.2) is 4.79 Å². The summed E-state index contributed by atoms with van der Waals surface area (Å²) in [5.41, 5.74) is 3.65. The highest BCUT2D eigenvalue weighted by atomic mass is 35.5. The molecule has 3 aromatic rings. The quantitative estimate of drug-likeness (QED) is 0.207. The number of para-hydroxylation sites is 1. The van der Waals surface area contributed by atoms with Gasteiger partial charge in [-0.15, -0.1) is 0 Å². The monoisotopic (exact) mass is 621 g/mol. The highest BCUT2D eigenvalue weighted by Gasteiger charge is 2.37. The van der Waals surface area contributed by atoms with Crippen LogP contribution in [0.25, 0.3) is 0 Å². The van der Waals surface area contributed by atoms with Crippen molar-refractivity contribution in [2.24, 2.45) is 0 Å². The highest BCUT2D eigenvalue weighted by molar-refractivity contribution is 6.34. The Morgan fingerprint density at radius 3 is 2.27 bits per heavy atom. The maximum absolute atomic E-state index is 14.6. The number of ether oxygens (including phenoxy) is 1. The zero-order valence-electron chi connectivity index (χ0n) is 26.7. The summed E-state index contributed by atoms with van der Waals surface area (Å²) in [6, 6.07) is 15.5. The van der Waals surface area contributed by atoms with Crippen molar-refractivity contribution in [1.29, 1.82) is 0 Å². The van der Waals surface area contributed by atoms with Gasteiger partial charge in [-0.3, -0.25) is 9.59 Å². The molecule has 3 N–H and O–H groups in total. The lowest BCUT2D eigenvalue weighted by atomic mass is 9.95. The van der Waals surface area contributed by atoms with Crippen LogP contribution in [0.5, 0.6) is 5.75 Å². The summed E-state index contributed by atoms with van der Waals surface area (Å²) in [7, 11) is 0. The van der Waals surface area contributed by atoms with Crippen LogP contribution in [0.2, 0.25) is 5.02 Å². The average Bonchev–Trinajstić information content (AvgIpc) is 2.94. The fourth-order valence-corrected chi connectivity index (χ4v) is 5.17. The summed E-state index contributed by atoms with van der Waals surface area (Å²) >= 11 is 6.49. The zero-order chi connectivity index (χ0) is 32.6. The molecule has 8 nitrogen and oxygen atoms in total. The lowest BCUT2D eigenvalue weighted by Crippen LogP contribution is -2.53. The summed E-state index contributed by atoms with van der Waals surface area (Å²) < 4.78 is 5.51. The van der Waals surface area contributed by atoms with Crippen LogP contribution in [-0.2, 0) is 20.7 Å². The molecule has 0 bridgehead atoms. The lowest BCUT2D eigenvalue weighted by molar-refractivity contribution is -0.140. The first-order valence-corrected chi connectivity index (χ1v) is 15.3. The molecule has 0 aliphatic heterocycles. The Morgan fingerprint density at radius 2 is 1.66 bits per heavy atom.